The Morgan fingerprint density at radius 1 is 0.308 bits per heavy atom. The standard InChI is InChI=1S/C72H140O17P2/c1-9-65(8)51-43-35-26-20-14-12-10-11-13-15-21-28-38-46-54-71(76)88-67(58-82-69(74)52-44-36-27-22-16-18-24-32-40-48-62(2)3)60-86-90(78,79)84-56-66(73)57-85-91(80,81)87-61-68(59-83-70(75)53-45-37-31-30-34-42-50-64(6)7)89-72(77)55-47-39-29-23-17-19-25-33-41-49-63(4)5/h62-68,73H,9-61H2,1-8H3,(H,78,79)(H,80,81)/t65?,66-,67-,68-/m1/s1. The van der Waals surface area contributed by atoms with E-state index in [1.54, 1.807) is 0 Å². The lowest BCUT2D eigenvalue weighted by Gasteiger charge is -2.21. The Balaban J connectivity index is 5.23. The summed E-state index contributed by atoms with van der Waals surface area (Å²) >= 11 is 0. The van der Waals surface area contributed by atoms with Crippen LogP contribution in [-0.2, 0) is 65.4 Å². The van der Waals surface area contributed by atoms with Crippen molar-refractivity contribution in [1.82, 2.24) is 0 Å². The zero-order chi connectivity index (χ0) is 67.5. The molecule has 19 heteroatoms. The minimum atomic E-state index is -4.95. The number of aliphatic hydroxyl groups excluding tert-OH is 1. The van der Waals surface area contributed by atoms with Crippen molar-refractivity contribution >= 4 is 39.5 Å². The molecule has 0 aliphatic carbocycles. The molecule has 0 aromatic carbocycles. The molecular weight excluding hydrogens is 1200 g/mol. The Labute approximate surface area is 556 Å². The van der Waals surface area contributed by atoms with Crippen molar-refractivity contribution in [1.29, 1.82) is 0 Å². The van der Waals surface area contributed by atoms with Crippen molar-refractivity contribution in [3.63, 3.8) is 0 Å². The van der Waals surface area contributed by atoms with Crippen LogP contribution < -0.4 is 0 Å². The molecule has 540 valence electrons. The molecule has 0 saturated carbocycles. The number of rotatable bonds is 69. The molecule has 17 nitrogen and oxygen atoms in total. The first-order valence-electron chi connectivity index (χ1n) is 37.2. The quantitative estimate of drug-likeness (QED) is 0.0222. The van der Waals surface area contributed by atoms with Gasteiger partial charge in [0.1, 0.15) is 19.3 Å². The second-order valence-electron chi connectivity index (χ2n) is 27.6. The molecule has 0 aromatic rings. The van der Waals surface area contributed by atoms with Crippen molar-refractivity contribution in [3.8, 4) is 0 Å². The molecular formula is C72H140O17P2. The van der Waals surface area contributed by atoms with E-state index in [2.05, 4.69) is 55.4 Å². The number of unbranched alkanes of at least 4 members (excludes halogenated alkanes) is 34. The second-order valence-corrected chi connectivity index (χ2v) is 30.6. The maximum Gasteiger partial charge on any atom is 0.472 e. The number of phosphoric ester groups is 2. The molecule has 0 aromatic heterocycles. The van der Waals surface area contributed by atoms with Crippen LogP contribution >= 0.6 is 15.6 Å². The lowest BCUT2D eigenvalue weighted by Crippen LogP contribution is -2.30. The van der Waals surface area contributed by atoms with Crippen LogP contribution in [0.2, 0.25) is 0 Å². The molecule has 0 saturated heterocycles. The van der Waals surface area contributed by atoms with E-state index in [1.807, 2.05) is 0 Å². The van der Waals surface area contributed by atoms with Crippen molar-refractivity contribution in [2.75, 3.05) is 39.6 Å². The molecule has 0 spiro atoms. The molecule has 0 rings (SSSR count). The number of hydrogen-bond acceptors (Lipinski definition) is 15. The maximum absolute atomic E-state index is 13.0. The Kier molecular flexibility index (Phi) is 60.3. The topological polar surface area (TPSA) is 237 Å². The minimum absolute atomic E-state index is 0.104. The molecule has 0 fully saturated rings. The predicted octanol–water partition coefficient (Wildman–Crippen LogP) is 20.5. The van der Waals surface area contributed by atoms with E-state index in [1.165, 1.54) is 154 Å². The maximum atomic E-state index is 13.0. The van der Waals surface area contributed by atoms with Gasteiger partial charge in [0.05, 0.1) is 26.4 Å². The Bertz CT molecular complexity index is 1800. The summed E-state index contributed by atoms with van der Waals surface area (Å²) in [5.41, 5.74) is 0. The van der Waals surface area contributed by atoms with E-state index in [9.17, 15) is 43.2 Å². The number of esters is 4. The Morgan fingerprint density at radius 3 is 0.780 bits per heavy atom. The summed E-state index contributed by atoms with van der Waals surface area (Å²) in [5.74, 6) is 0.877. The van der Waals surface area contributed by atoms with Gasteiger partial charge in [-0.1, -0.05) is 306 Å². The van der Waals surface area contributed by atoms with E-state index >= 15 is 0 Å². The summed E-state index contributed by atoms with van der Waals surface area (Å²) in [6, 6.07) is 0. The first-order chi connectivity index (χ1) is 43.6. The highest BCUT2D eigenvalue weighted by molar-refractivity contribution is 7.47. The fourth-order valence-corrected chi connectivity index (χ4v) is 12.4. The Hall–Kier alpha value is -1.94. The highest BCUT2D eigenvalue weighted by Crippen LogP contribution is 2.45. The number of carbonyl (C=O) groups is 4. The Morgan fingerprint density at radius 2 is 0.527 bits per heavy atom. The van der Waals surface area contributed by atoms with Crippen molar-refractivity contribution in [3.05, 3.63) is 0 Å². The van der Waals surface area contributed by atoms with Crippen molar-refractivity contribution in [2.45, 2.75) is 375 Å². The third-order valence-electron chi connectivity index (χ3n) is 16.9. The van der Waals surface area contributed by atoms with E-state index in [-0.39, 0.29) is 25.7 Å². The number of phosphoric acid groups is 2. The van der Waals surface area contributed by atoms with Crippen LogP contribution in [0.3, 0.4) is 0 Å². The molecule has 0 radical (unpaired) electrons. The fraction of sp³-hybridized carbons (Fsp3) is 0.944. The van der Waals surface area contributed by atoms with Gasteiger partial charge < -0.3 is 33.8 Å². The van der Waals surface area contributed by atoms with Crippen LogP contribution in [0.5, 0.6) is 0 Å². The van der Waals surface area contributed by atoms with Gasteiger partial charge in [0.2, 0.25) is 0 Å². The van der Waals surface area contributed by atoms with Gasteiger partial charge in [0.25, 0.3) is 0 Å². The number of carbonyl (C=O) groups excluding carboxylic acids is 4. The molecule has 0 bridgehead atoms. The predicted molar refractivity (Wildman–Crippen MR) is 367 cm³/mol. The first kappa shape index (κ1) is 89.1. The molecule has 6 atom stereocenters. The summed E-state index contributed by atoms with van der Waals surface area (Å²) in [6.07, 6.45) is 44.6. The summed E-state index contributed by atoms with van der Waals surface area (Å²) in [6.45, 7) is 14.1. The third-order valence-corrected chi connectivity index (χ3v) is 18.8. The van der Waals surface area contributed by atoms with Crippen LogP contribution in [0.25, 0.3) is 0 Å². The smallest absolute Gasteiger partial charge is 0.462 e. The van der Waals surface area contributed by atoms with Crippen LogP contribution in [0, 0.1) is 23.7 Å². The monoisotopic (exact) mass is 1340 g/mol. The van der Waals surface area contributed by atoms with Crippen LogP contribution in [0.15, 0.2) is 0 Å². The van der Waals surface area contributed by atoms with Gasteiger partial charge in [-0.2, -0.15) is 0 Å². The molecule has 0 aliphatic rings. The molecule has 0 amide bonds. The number of ether oxygens (including phenoxy) is 4. The lowest BCUT2D eigenvalue weighted by molar-refractivity contribution is -0.161. The van der Waals surface area contributed by atoms with Gasteiger partial charge in [-0.3, -0.25) is 37.3 Å². The zero-order valence-corrected chi connectivity index (χ0v) is 61.3. The molecule has 3 N–H and O–H groups in total. The van der Waals surface area contributed by atoms with E-state index in [0.717, 1.165) is 114 Å². The number of hydrogen-bond donors (Lipinski definition) is 3. The van der Waals surface area contributed by atoms with Crippen molar-refractivity contribution in [2.24, 2.45) is 23.7 Å². The number of aliphatic hydroxyl groups is 1. The van der Waals surface area contributed by atoms with E-state index < -0.39 is 97.5 Å². The highest BCUT2D eigenvalue weighted by Gasteiger charge is 2.30. The summed E-state index contributed by atoms with van der Waals surface area (Å²) < 4.78 is 68.3. The molecule has 91 heavy (non-hydrogen) atoms. The third kappa shape index (κ3) is 65.1. The van der Waals surface area contributed by atoms with Crippen molar-refractivity contribution < 1.29 is 80.2 Å². The van der Waals surface area contributed by atoms with E-state index in [0.29, 0.717) is 31.6 Å². The van der Waals surface area contributed by atoms with Gasteiger partial charge in [0.15, 0.2) is 12.2 Å². The van der Waals surface area contributed by atoms with Gasteiger partial charge in [-0.25, -0.2) is 9.13 Å². The highest BCUT2D eigenvalue weighted by atomic mass is 31.2. The van der Waals surface area contributed by atoms with E-state index in [4.69, 9.17) is 37.0 Å². The average molecular weight is 1340 g/mol. The summed E-state index contributed by atoms with van der Waals surface area (Å²) in [4.78, 5) is 72.6. The van der Waals surface area contributed by atoms with Gasteiger partial charge >= 0.3 is 39.5 Å². The SMILES string of the molecule is CCC(C)CCCCCCCCCCCCCCCCC(=O)O[C@H](COC(=O)CCCCCCCCCCCC(C)C)COP(=O)(O)OC[C@@H](O)COP(=O)(O)OC[C@@H](COC(=O)CCCCCCCCC(C)C)OC(=O)CCCCCCCCCCCC(C)C. The second kappa shape index (κ2) is 61.6. The van der Waals surface area contributed by atoms with Gasteiger partial charge in [-0.05, 0) is 49.4 Å². The molecule has 3 unspecified atom stereocenters. The van der Waals surface area contributed by atoms with Crippen LogP contribution in [0.1, 0.15) is 357 Å². The minimum Gasteiger partial charge on any atom is -0.462 e. The summed E-state index contributed by atoms with van der Waals surface area (Å²) in [7, 11) is -9.90. The molecule has 0 aliphatic heterocycles. The molecule has 0 heterocycles. The van der Waals surface area contributed by atoms with Crippen LogP contribution in [-0.4, -0.2) is 96.7 Å². The fourth-order valence-electron chi connectivity index (χ4n) is 10.8. The van der Waals surface area contributed by atoms with Crippen LogP contribution in [0.4, 0.5) is 0 Å². The van der Waals surface area contributed by atoms with Gasteiger partial charge in [-0.15, -0.1) is 0 Å². The van der Waals surface area contributed by atoms with Gasteiger partial charge in [0, 0.05) is 25.7 Å². The normalized spacial score (nSPS) is 14.5. The average Bonchev–Trinajstić information content (AvgIpc) is 3.69. The first-order valence-corrected chi connectivity index (χ1v) is 40.2. The lowest BCUT2D eigenvalue weighted by atomic mass is 9.99. The largest absolute Gasteiger partial charge is 0.472 e. The zero-order valence-electron chi connectivity index (χ0n) is 59.5. The summed E-state index contributed by atoms with van der Waals surface area (Å²) in [5, 5.41) is 10.6.